The Morgan fingerprint density at radius 3 is 2.33 bits per heavy atom. The smallest absolute Gasteiger partial charge is 0.332 e. The van der Waals surface area contributed by atoms with E-state index < -0.39 is 23.3 Å². The minimum atomic E-state index is -1.11. The van der Waals surface area contributed by atoms with Crippen molar-refractivity contribution in [3.8, 4) is 6.07 Å². The summed E-state index contributed by atoms with van der Waals surface area (Å²) in [5.41, 5.74) is -1.67. The number of nitrogens with zero attached hydrogens (tertiary/aromatic N) is 3. The zero-order valence-electron chi connectivity index (χ0n) is 12.4. The molecular formula is C13H18N4O4. The third kappa shape index (κ3) is 3.31. The lowest BCUT2D eigenvalue weighted by Gasteiger charge is -2.20. The van der Waals surface area contributed by atoms with Crippen molar-refractivity contribution in [3.05, 3.63) is 26.4 Å². The average Bonchev–Trinajstić information content (AvgIpc) is 2.41. The molecule has 1 heterocycles. The molecule has 8 heteroatoms. The summed E-state index contributed by atoms with van der Waals surface area (Å²) in [5, 5.41) is 21.0. The third-order valence-corrected chi connectivity index (χ3v) is 3.09. The van der Waals surface area contributed by atoms with Crippen LogP contribution >= 0.6 is 0 Å². The van der Waals surface area contributed by atoms with Gasteiger partial charge in [-0.05, 0) is 12.3 Å². The van der Waals surface area contributed by atoms with Gasteiger partial charge in [-0.2, -0.15) is 5.26 Å². The minimum absolute atomic E-state index is 0.0707. The number of carboxylic acid groups (broad SMARTS) is 1. The summed E-state index contributed by atoms with van der Waals surface area (Å²) in [7, 11) is 2.64. The first-order valence-corrected chi connectivity index (χ1v) is 6.40. The van der Waals surface area contributed by atoms with E-state index in [0.29, 0.717) is 6.42 Å². The molecule has 114 valence electrons. The zero-order chi connectivity index (χ0) is 16.3. The number of anilines is 1. The highest BCUT2D eigenvalue weighted by Gasteiger charge is 2.23. The van der Waals surface area contributed by atoms with Crippen LogP contribution < -0.4 is 16.6 Å². The number of nitrogens with one attached hydrogen (secondary N) is 1. The summed E-state index contributed by atoms with van der Waals surface area (Å²) in [4.78, 5) is 35.1. The maximum atomic E-state index is 11.9. The predicted octanol–water partition coefficient (Wildman–Crippen LogP) is -0.133. The molecular weight excluding hydrogens is 276 g/mol. The molecule has 0 aliphatic heterocycles. The quantitative estimate of drug-likeness (QED) is 0.781. The summed E-state index contributed by atoms with van der Waals surface area (Å²) in [5.74, 6) is -1.09. The van der Waals surface area contributed by atoms with Gasteiger partial charge in [-0.1, -0.05) is 13.8 Å². The zero-order valence-corrected chi connectivity index (χ0v) is 12.4. The van der Waals surface area contributed by atoms with E-state index in [-0.39, 0.29) is 17.3 Å². The van der Waals surface area contributed by atoms with Crippen LogP contribution in [0.4, 0.5) is 5.82 Å². The summed E-state index contributed by atoms with van der Waals surface area (Å²) >= 11 is 0. The molecule has 0 aliphatic carbocycles. The van der Waals surface area contributed by atoms with Crippen LogP contribution in [0.5, 0.6) is 0 Å². The van der Waals surface area contributed by atoms with Gasteiger partial charge in [0.1, 0.15) is 17.9 Å². The number of rotatable bonds is 5. The second-order valence-corrected chi connectivity index (χ2v) is 5.21. The molecule has 8 nitrogen and oxygen atoms in total. The van der Waals surface area contributed by atoms with E-state index in [1.165, 1.54) is 14.1 Å². The van der Waals surface area contributed by atoms with Crippen LogP contribution in [-0.2, 0) is 18.9 Å². The van der Waals surface area contributed by atoms with Crippen molar-refractivity contribution in [2.24, 2.45) is 20.0 Å². The van der Waals surface area contributed by atoms with Crippen LogP contribution in [-0.4, -0.2) is 26.3 Å². The molecule has 21 heavy (non-hydrogen) atoms. The predicted molar refractivity (Wildman–Crippen MR) is 76.1 cm³/mol. The van der Waals surface area contributed by atoms with Gasteiger partial charge in [-0.15, -0.1) is 0 Å². The molecule has 1 unspecified atom stereocenters. The van der Waals surface area contributed by atoms with Gasteiger partial charge in [0.15, 0.2) is 5.56 Å². The Hall–Kier alpha value is -2.56. The van der Waals surface area contributed by atoms with E-state index in [0.717, 1.165) is 9.13 Å². The Kier molecular flexibility index (Phi) is 4.92. The van der Waals surface area contributed by atoms with E-state index in [1.54, 1.807) is 6.07 Å². The highest BCUT2D eigenvalue weighted by atomic mass is 16.4. The minimum Gasteiger partial charge on any atom is -0.480 e. The molecule has 1 aromatic heterocycles. The van der Waals surface area contributed by atoms with Crippen molar-refractivity contribution in [2.45, 2.75) is 26.3 Å². The number of aliphatic carboxylic acids is 1. The first-order chi connectivity index (χ1) is 9.70. The third-order valence-electron chi connectivity index (χ3n) is 3.09. The van der Waals surface area contributed by atoms with Crippen molar-refractivity contribution in [3.63, 3.8) is 0 Å². The molecule has 1 aromatic rings. The Morgan fingerprint density at radius 2 is 1.90 bits per heavy atom. The lowest BCUT2D eigenvalue weighted by molar-refractivity contribution is -0.138. The second kappa shape index (κ2) is 6.26. The summed E-state index contributed by atoms with van der Waals surface area (Å²) in [6, 6.07) is 0.731. The number of nitriles is 1. The fraction of sp³-hybridized carbons (Fsp3) is 0.538. The van der Waals surface area contributed by atoms with E-state index in [2.05, 4.69) is 5.32 Å². The van der Waals surface area contributed by atoms with E-state index >= 15 is 0 Å². The average molecular weight is 294 g/mol. The second-order valence-electron chi connectivity index (χ2n) is 5.21. The maximum Gasteiger partial charge on any atom is 0.332 e. The standard InChI is InChI=1S/C13H18N4O4/c1-7(2)5-9(12(19)20)15-10-8(6-14)11(18)17(4)13(21)16(10)3/h7,9,15H,5H2,1-4H3,(H,19,20). The molecule has 1 rings (SSSR count). The van der Waals surface area contributed by atoms with E-state index in [1.807, 2.05) is 13.8 Å². The summed E-state index contributed by atoms with van der Waals surface area (Å²) in [6.07, 6.45) is 0.295. The Morgan fingerprint density at radius 1 is 1.33 bits per heavy atom. The topological polar surface area (TPSA) is 117 Å². The van der Waals surface area contributed by atoms with Crippen LogP contribution in [0, 0.1) is 17.2 Å². The fourth-order valence-electron chi connectivity index (χ4n) is 1.97. The van der Waals surface area contributed by atoms with Gasteiger partial charge in [0.2, 0.25) is 0 Å². The number of aromatic nitrogens is 2. The molecule has 0 fully saturated rings. The van der Waals surface area contributed by atoms with Crippen molar-refractivity contribution < 1.29 is 9.90 Å². The monoisotopic (exact) mass is 294 g/mol. The van der Waals surface area contributed by atoms with Crippen molar-refractivity contribution in [1.82, 2.24) is 9.13 Å². The molecule has 0 aliphatic rings. The largest absolute Gasteiger partial charge is 0.480 e. The van der Waals surface area contributed by atoms with Crippen LogP contribution in [0.1, 0.15) is 25.8 Å². The first-order valence-electron chi connectivity index (χ1n) is 6.40. The van der Waals surface area contributed by atoms with Gasteiger partial charge in [0, 0.05) is 14.1 Å². The highest BCUT2D eigenvalue weighted by molar-refractivity contribution is 5.77. The molecule has 0 radical (unpaired) electrons. The van der Waals surface area contributed by atoms with Crippen molar-refractivity contribution in [1.29, 1.82) is 5.26 Å². The Balaban J connectivity index is 3.43. The normalized spacial score (nSPS) is 12.0. The van der Waals surface area contributed by atoms with Crippen LogP contribution in [0.15, 0.2) is 9.59 Å². The Bertz CT molecular complexity index is 709. The van der Waals surface area contributed by atoms with Gasteiger partial charge in [0.05, 0.1) is 0 Å². The van der Waals surface area contributed by atoms with E-state index in [4.69, 9.17) is 5.26 Å². The van der Waals surface area contributed by atoms with Gasteiger partial charge in [-0.3, -0.25) is 13.9 Å². The number of carbonyl (C=O) groups is 1. The van der Waals surface area contributed by atoms with Gasteiger partial charge >= 0.3 is 11.7 Å². The fourth-order valence-corrected chi connectivity index (χ4v) is 1.97. The molecule has 0 bridgehead atoms. The Labute approximate surface area is 121 Å². The van der Waals surface area contributed by atoms with Gasteiger partial charge < -0.3 is 10.4 Å². The number of carboxylic acids is 1. The molecule has 0 saturated carbocycles. The van der Waals surface area contributed by atoms with Crippen LogP contribution in [0.2, 0.25) is 0 Å². The molecule has 2 N–H and O–H groups in total. The SMILES string of the molecule is CC(C)CC(Nc1c(C#N)c(=O)n(C)c(=O)n1C)C(=O)O. The highest BCUT2D eigenvalue weighted by Crippen LogP contribution is 2.14. The van der Waals surface area contributed by atoms with Gasteiger partial charge in [0.25, 0.3) is 5.56 Å². The molecule has 0 aromatic carbocycles. The summed E-state index contributed by atoms with van der Waals surface area (Å²) in [6.45, 7) is 3.71. The van der Waals surface area contributed by atoms with Crippen molar-refractivity contribution >= 4 is 11.8 Å². The maximum absolute atomic E-state index is 11.9. The molecule has 0 spiro atoms. The molecule has 1 atom stereocenters. The van der Waals surface area contributed by atoms with Crippen LogP contribution in [0.3, 0.4) is 0 Å². The lowest BCUT2D eigenvalue weighted by atomic mass is 10.0. The summed E-state index contributed by atoms with van der Waals surface area (Å²) < 4.78 is 1.87. The number of hydrogen-bond donors (Lipinski definition) is 2. The molecule has 0 saturated heterocycles. The van der Waals surface area contributed by atoms with E-state index in [9.17, 15) is 19.5 Å². The lowest BCUT2D eigenvalue weighted by Crippen LogP contribution is -2.42. The van der Waals surface area contributed by atoms with Crippen LogP contribution in [0.25, 0.3) is 0 Å². The van der Waals surface area contributed by atoms with Gasteiger partial charge in [-0.25, -0.2) is 9.59 Å². The number of hydrogen-bond acceptors (Lipinski definition) is 5. The first kappa shape index (κ1) is 16.5. The molecule has 0 amide bonds. The van der Waals surface area contributed by atoms with Crippen molar-refractivity contribution in [2.75, 3.05) is 5.32 Å².